The van der Waals surface area contributed by atoms with Gasteiger partial charge in [-0.3, -0.25) is 0 Å². The van der Waals surface area contributed by atoms with E-state index in [9.17, 15) is 0 Å². The van der Waals surface area contributed by atoms with Crippen LogP contribution in [0, 0.1) is 0 Å². The molecular formula is C41H25N3O. The molecule has 0 amide bonds. The molecule has 4 heteroatoms. The van der Waals surface area contributed by atoms with Gasteiger partial charge in [0.2, 0.25) is 0 Å². The van der Waals surface area contributed by atoms with Gasteiger partial charge in [0.1, 0.15) is 11.2 Å². The van der Waals surface area contributed by atoms with Crippen LogP contribution in [0.25, 0.3) is 88.8 Å². The second-order valence-electron chi connectivity index (χ2n) is 11.3. The SMILES string of the molecule is c1ccc(-c2ccc(-c3nc(-c4ccc5c(ccc6ccccc65)c4)nc(-c4ccc5c(c4)oc4ccccc45)n3)cc2)cc1. The van der Waals surface area contributed by atoms with Gasteiger partial charge in [-0.15, -0.1) is 0 Å². The summed E-state index contributed by atoms with van der Waals surface area (Å²) in [6.07, 6.45) is 0. The highest BCUT2D eigenvalue weighted by molar-refractivity contribution is 6.08. The number of furan rings is 1. The van der Waals surface area contributed by atoms with Gasteiger partial charge in [0, 0.05) is 27.5 Å². The first-order valence-electron chi connectivity index (χ1n) is 15.0. The highest BCUT2D eigenvalue weighted by atomic mass is 16.3. The first kappa shape index (κ1) is 25.4. The van der Waals surface area contributed by atoms with Gasteiger partial charge in [-0.1, -0.05) is 127 Å². The number of hydrogen-bond donors (Lipinski definition) is 0. The predicted octanol–water partition coefficient (Wildman–Crippen LogP) is 10.7. The van der Waals surface area contributed by atoms with E-state index in [0.717, 1.165) is 49.6 Å². The Morgan fingerprint density at radius 3 is 1.62 bits per heavy atom. The molecule has 0 aliphatic heterocycles. The minimum absolute atomic E-state index is 0.600. The zero-order valence-corrected chi connectivity index (χ0v) is 24.2. The predicted molar refractivity (Wildman–Crippen MR) is 184 cm³/mol. The van der Waals surface area contributed by atoms with Crippen molar-refractivity contribution < 1.29 is 4.42 Å². The Hall–Kier alpha value is -6.13. The molecule has 45 heavy (non-hydrogen) atoms. The van der Waals surface area contributed by atoms with Crippen molar-refractivity contribution in [2.24, 2.45) is 0 Å². The Kier molecular flexibility index (Phi) is 5.78. The topological polar surface area (TPSA) is 51.8 Å². The lowest BCUT2D eigenvalue weighted by Crippen LogP contribution is -2.00. The first-order valence-corrected chi connectivity index (χ1v) is 15.0. The summed E-state index contributed by atoms with van der Waals surface area (Å²) in [7, 11) is 0. The summed E-state index contributed by atoms with van der Waals surface area (Å²) in [5, 5.41) is 6.97. The summed E-state index contributed by atoms with van der Waals surface area (Å²) in [6, 6.07) is 52.3. The van der Waals surface area contributed by atoms with E-state index in [-0.39, 0.29) is 0 Å². The van der Waals surface area contributed by atoms with Gasteiger partial charge in [-0.05, 0) is 56.9 Å². The van der Waals surface area contributed by atoms with E-state index in [1.54, 1.807) is 0 Å². The zero-order chi connectivity index (χ0) is 29.7. The van der Waals surface area contributed by atoms with Crippen molar-refractivity contribution in [2.75, 3.05) is 0 Å². The molecule has 7 aromatic carbocycles. The molecule has 0 N–H and O–H groups in total. The summed E-state index contributed by atoms with van der Waals surface area (Å²) in [5.41, 5.74) is 6.73. The van der Waals surface area contributed by atoms with Crippen molar-refractivity contribution in [3.05, 3.63) is 152 Å². The van der Waals surface area contributed by atoms with Crippen LogP contribution in [0.3, 0.4) is 0 Å². The van der Waals surface area contributed by atoms with E-state index in [4.69, 9.17) is 19.4 Å². The number of fused-ring (bicyclic) bond motifs is 6. The number of para-hydroxylation sites is 1. The van der Waals surface area contributed by atoms with Crippen molar-refractivity contribution >= 4 is 43.5 Å². The van der Waals surface area contributed by atoms with Crippen LogP contribution in [-0.2, 0) is 0 Å². The fraction of sp³-hybridized carbons (Fsp3) is 0. The van der Waals surface area contributed by atoms with Crippen molar-refractivity contribution in [1.29, 1.82) is 0 Å². The molecule has 0 unspecified atom stereocenters. The molecule has 2 aromatic heterocycles. The summed E-state index contributed by atoms with van der Waals surface area (Å²) >= 11 is 0. The van der Waals surface area contributed by atoms with E-state index in [2.05, 4.69) is 121 Å². The number of hydrogen-bond acceptors (Lipinski definition) is 4. The van der Waals surface area contributed by atoms with Crippen LogP contribution in [0.2, 0.25) is 0 Å². The third-order valence-electron chi connectivity index (χ3n) is 8.53. The molecule has 210 valence electrons. The zero-order valence-electron chi connectivity index (χ0n) is 24.2. The normalized spacial score (nSPS) is 11.6. The largest absolute Gasteiger partial charge is 0.456 e. The maximum absolute atomic E-state index is 6.21. The van der Waals surface area contributed by atoms with Gasteiger partial charge in [-0.2, -0.15) is 0 Å². The summed E-state index contributed by atoms with van der Waals surface area (Å²) in [4.78, 5) is 15.1. The van der Waals surface area contributed by atoms with E-state index in [1.807, 2.05) is 30.3 Å². The quantitative estimate of drug-likeness (QED) is 0.196. The number of nitrogens with zero attached hydrogens (tertiary/aromatic N) is 3. The summed E-state index contributed by atoms with van der Waals surface area (Å²) < 4.78 is 6.21. The fourth-order valence-electron chi connectivity index (χ4n) is 6.22. The van der Waals surface area contributed by atoms with Crippen LogP contribution < -0.4 is 0 Å². The molecule has 0 saturated heterocycles. The fourth-order valence-corrected chi connectivity index (χ4v) is 6.22. The molecule has 0 fully saturated rings. The van der Waals surface area contributed by atoms with Crippen LogP contribution in [0.15, 0.2) is 156 Å². The van der Waals surface area contributed by atoms with Crippen molar-refractivity contribution in [1.82, 2.24) is 15.0 Å². The highest BCUT2D eigenvalue weighted by Crippen LogP contribution is 2.34. The molecule has 0 saturated carbocycles. The number of rotatable bonds is 4. The molecule has 0 radical (unpaired) electrons. The van der Waals surface area contributed by atoms with Crippen LogP contribution in [0.5, 0.6) is 0 Å². The van der Waals surface area contributed by atoms with Crippen molar-refractivity contribution in [3.8, 4) is 45.3 Å². The maximum Gasteiger partial charge on any atom is 0.164 e. The molecular weight excluding hydrogens is 550 g/mol. The molecule has 9 aromatic rings. The molecule has 0 aliphatic carbocycles. The molecule has 9 rings (SSSR count). The van der Waals surface area contributed by atoms with Crippen LogP contribution >= 0.6 is 0 Å². The standard InChI is InChI=1S/C41H25N3O/c1-2-8-26(9-3-1)27-14-17-29(18-15-27)39-42-40(31-20-22-34-30(24-31)19-16-28-10-4-5-11-33(28)34)44-41(43-39)32-21-23-36-35-12-6-7-13-37(35)45-38(36)25-32/h1-25H. The van der Waals surface area contributed by atoms with E-state index in [1.165, 1.54) is 21.7 Å². The molecule has 0 aliphatic rings. The Bertz CT molecular complexity index is 2530. The summed E-state index contributed by atoms with van der Waals surface area (Å²) in [6.45, 7) is 0. The number of benzene rings is 7. The maximum atomic E-state index is 6.21. The lowest BCUT2D eigenvalue weighted by Gasteiger charge is -2.10. The van der Waals surface area contributed by atoms with Crippen molar-refractivity contribution in [2.45, 2.75) is 0 Å². The van der Waals surface area contributed by atoms with Crippen LogP contribution in [0.4, 0.5) is 0 Å². The molecule has 0 bridgehead atoms. The van der Waals surface area contributed by atoms with E-state index in [0.29, 0.717) is 17.5 Å². The van der Waals surface area contributed by atoms with Gasteiger partial charge in [0.25, 0.3) is 0 Å². The Labute approximate surface area is 259 Å². The molecule has 0 atom stereocenters. The van der Waals surface area contributed by atoms with Gasteiger partial charge in [-0.25, -0.2) is 15.0 Å². The Morgan fingerprint density at radius 1 is 0.311 bits per heavy atom. The molecule has 2 heterocycles. The minimum Gasteiger partial charge on any atom is -0.456 e. The monoisotopic (exact) mass is 575 g/mol. The number of aromatic nitrogens is 3. The average molecular weight is 576 g/mol. The third-order valence-corrected chi connectivity index (χ3v) is 8.53. The smallest absolute Gasteiger partial charge is 0.164 e. The van der Waals surface area contributed by atoms with Crippen LogP contribution in [0.1, 0.15) is 0 Å². The Balaban J connectivity index is 1.21. The third kappa shape index (κ3) is 4.43. The second kappa shape index (κ2) is 10.2. The van der Waals surface area contributed by atoms with E-state index < -0.39 is 0 Å². The average Bonchev–Trinajstić information content (AvgIpc) is 3.49. The lowest BCUT2D eigenvalue weighted by atomic mass is 10.00. The molecule has 0 spiro atoms. The second-order valence-corrected chi connectivity index (χ2v) is 11.3. The van der Waals surface area contributed by atoms with Gasteiger partial charge in [0.05, 0.1) is 0 Å². The van der Waals surface area contributed by atoms with Gasteiger partial charge in [0.15, 0.2) is 17.5 Å². The minimum atomic E-state index is 0.600. The van der Waals surface area contributed by atoms with Gasteiger partial charge >= 0.3 is 0 Å². The highest BCUT2D eigenvalue weighted by Gasteiger charge is 2.15. The van der Waals surface area contributed by atoms with E-state index >= 15 is 0 Å². The Morgan fingerprint density at radius 2 is 0.822 bits per heavy atom. The van der Waals surface area contributed by atoms with Crippen molar-refractivity contribution in [3.63, 3.8) is 0 Å². The first-order chi connectivity index (χ1) is 22.3. The summed E-state index contributed by atoms with van der Waals surface area (Å²) in [5.74, 6) is 1.85. The van der Waals surface area contributed by atoms with Crippen LogP contribution in [-0.4, -0.2) is 15.0 Å². The van der Waals surface area contributed by atoms with Gasteiger partial charge < -0.3 is 4.42 Å². The lowest BCUT2D eigenvalue weighted by molar-refractivity contribution is 0.669. The molecule has 4 nitrogen and oxygen atoms in total.